The van der Waals surface area contributed by atoms with Crippen LogP contribution in [0.3, 0.4) is 0 Å². The molecule has 6 heteroatoms. The Kier molecular flexibility index (Phi) is 2.27. The summed E-state index contributed by atoms with van der Waals surface area (Å²) in [6.45, 7) is -0.861. The molecule has 0 fully saturated rings. The van der Waals surface area contributed by atoms with E-state index in [1.165, 1.54) is 0 Å². The maximum atomic E-state index is 12.6. The summed E-state index contributed by atoms with van der Waals surface area (Å²) in [5.41, 5.74) is -0.560. The number of aromatic nitrogens is 1. The average Bonchev–Trinajstić information content (AvgIpc) is 1.97. The van der Waals surface area contributed by atoms with Crippen LogP contribution in [0.4, 0.5) is 8.78 Å². The fourth-order valence-electron chi connectivity index (χ4n) is 0.718. The lowest BCUT2D eigenvalue weighted by Gasteiger charge is -1.97. The summed E-state index contributed by atoms with van der Waals surface area (Å²) in [6.07, 6.45) is 1.48. The second-order valence-corrected chi connectivity index (χ2v) is 2.07. The maximum absolute atomic E-state index is 12.6. The van der Waals surface area contributed by atoms with Gasteiger partial charge in [0.25, 0.3) is 0 Å². The van der Waals surface area contributed by atoms with Crippen LogP contribution in [0.15, 0.2) is 12.4 Å². The zero-order chi connectivity index (χ0) is 9.14. The van der Waals surface area contributed by atoms with E-state index in [0.717, 1.165) is 12.4 Å². The highest BCUT2D eigenvalue weighted by Crippen LogP contribution is 2.10. The Labute approximate surface area is 66.0 Å². The molecule has 0 aromatic carbocycles. The number of halogens is 2. The van der Waals surface area contributed by atoms with Gasteiger partial charge in [0.2, 0.25) is 6.54 Å². The molecule has 12 heavy (non-hydrogen) atoms. The van der Waals surface area contributed by atoms with Gasteiger partial charge in [0.15, 0.2) is 11.6 Å². The summed E-state index contributed by atoms with van der Waals surface area (Å²) in [4.78, 5) is 12.3. The van der Waals surface area contributed by atoms with Gasteiger partial charge in [0.1, 0.15) is 0 Å². The summed E-state index contributed by atoms with van der Waals surface area (Å²) in [6, 6.07) is 0. The van der Waals surface area contributed by atoms with Crippen molar-refractivity contribution in [3.8, 4) is 0 Å². The molecule has 1 aromatic rings. The highest BCUT2D eigenvalue weighted by molar-refractivity contribution is 5.13. The Hall–Kier alpha value is -1.59. The van der Waals surface area contributed by atoms with Crippen LogP contribution in [0.25, 0.3) is 0 Å². The first-order chi connectivity index (χ1) is 5.61. The summed E-state index contributed by atoms with van der Waals surface area (Å²) in [5.74, 6) is -1.99. The van der Waals surface area contributed by atoms with Gasteiger partial charge in [-0.3, -0.25) is 15.1 Å². The summed E-state index contributed by atoms with van der Waals surface area (Å²) in [7, 11) is 0. The zero-order valence-electron chi connectivity index (χ0n) is 5.83. The first kappa shape index (κ1) is 8.51. The van der Waals surface area contributed by atoms with Gasteiger partial charge in [-0.15, -0.1) is 0 Å². The molecule has 0 aliphatic rings. The van der Waals surface area contributed by atoms with Crippen molar-refractivity contribution in [2.45, 2.75) is 6.54 Å². The van der Waals surface area contributed by atoms with Crippen LogP contribution < -0.4 is 0 Å². The van der Waals surface area contributed by atoms with Crippen molar-refractivity contribution >= 4 is 0 Å². The Balaban J connectivity index is 3.04. The van der Waals surface area contributed by atoms with Crippen LogP contribution in [0.1, 0.15) is 5.56 Å². The molecular formula is C6H4F2N2O2. The third-order valence-corrected chi connectivity index (χ3v) is 1.24. The molecule has 1 heterocycles. The van der Waals surface area contributed by atoms with E-state index in [1.54, 1.807) is 0 Å². The number of pyridine rings is 1. The molecule has 1 aromatic heterocycles. The van der Waals surface area contributed by atoms with Crippen molar-refractivity contribution in [3.05, 3.63) is 39.7 Å². The number of nitrogens with zero attached hydrogens (tertiary/aromatic N) is 2. The first-order valence-corrected chi connectivity index (χ1v) is 3.01. The lowest BCUT2D eigenvalue weighted by molar-refractivity contribution is -0.497. The van der Waals surface area contributed by atoms with Crippen molar-refractivity contribution < 1.29 is 13.7 Å². The molecule has 0 atom stereocenters. The normalized spacial score (nSPS) is 9.83. The molecule has 4 nitrogen and oxygen atoms in total. The van der Waals surface area contributed by atoms with Gasteiger partial charge >= 0.3 is 0 Å². The maximum Gasteiger partial charge on any atom is 0.234 e. The standard InChI is InChI=1S/C6H4F2N2O2/c7-5-1-9-2-6(8)4(5)3-10(11)12/h1-2H,3H2. The van der Waals surface area contributed by atoms with Gasteiger partial charge in [0, 0.05) is 4.92 Å². The molecule has 0 radical (unpaired) electrons. The van der Waals surface area contributed by atoms with E-state index in [2.05, 4.69) is 4.98 Å². The monoisotopic (exact) mass is 174 g/mol. The molecule has 0 saturated heterocycles. The van der Waals surface area contributed by atoms with Crippen molar-refractivity contribution in [1.29, 1.82) is 0 Å². The molecule has 0 saturated carbocycles. The second-order valence-electron chi connectivity index (χ2n) is 2.07. The van der Waals surface area contributed by atoms with E-state index >= 15 is 0 Å². The first-order valence-electron chi connectivity index (χ1n) is 3.01. The fourth-order valence-corrected chi connectivity index (χ4v) is 0.718. The molecule has 0 aliphatic carbocycles. The fraction of sp³-hybridized carbons (Fsp3) is 0.167. The van der Waals surface area contributed by atoms with E-state index in [9.17, 15) is 18.9 Å². The minimum atomic E-state index is -0.994. The summed E-state index contributed by atoms with van der Waals surface area (Å²) >= 11 is 0. The molecule has 1 rings (SSSR count). The highest BCUT2D eigenvalue weighted by atomic mass is 19.1. The van der Waals surface area contributed by atoms with E-state index in [4.69, 9.17) is 0 Å². The molecule has 0 spiro atoms. The largest absolute Gasteiger partial charge is 0.264 e. The number of nitro groups is 1. The van der Waals surface area contributed by atoms with Crippen LogP contribution in [0.5, 0.6) is 0 Å². The second kappa shape index (κ2) is 3.21. The molecule has 0 aliphatic heterocycles. The van der Waals surface area contributed by atoms with Gasteiger partial charge in [-0.2, -0.15) is 0 Å². The molecule has 0 bridgehead atoms. The molecule has 0 unspecified atom stereocenters. The third-order valence-electron chi connectivity index (χ3n) is 1.24. The van der Waals surface area contributed by atoms with E-state index in [1.807, 2.05) is 0 Å². The summed E-state index contributed by atoms with van der Waals surface area (Å²) in [5, 5.41) is 9.92. The van der Waals surface area contributed by atoms with Crippen LogP contribution in [-0.2, 0) is 6.54 Å². The predicted molar refractivity (Wildman–Crippen MR) is 34.9 cm³/mol. The van der Waals surface area contributed by atoms with Gasteiger partial charge in [-0.25, -0.2) is 8.78 Å². The molecule has 64 valence electrons. The number of hydrogen-bond acceptors (Lipinski definition) is 3. The molecule has 0 N–H and O–H groups in total. The van der Waals surface area contributed by atoms with Crippen LogP contribution in [-0.4, -0.2) is 9.91 Å². The van der Waals surface area contributed by atoms with Crippen molar-refractivity contribution in [3.63, 3.8) is 0 Å². The third kappa shape index (κ3) is 1.71. The van der Waals surface area contributed by atoms with Gasteiger partial charge in [0.05, 0.1) is 18.0 Å². The highest BCUT2D eigenvalue weighted by Gasteiger charge is 2.13. The van der Waals surface area contributed by atoms with E-state index in [-0.39, 0.29) is 0 Å². The van der Waals surface area contributed by atoms with Gasteiger partial charge < -0.3 is 0 Å². The minimum absolute atomic E-state index is 0.560. The zero-order valence-corrected chi connectivity index (χ0v) is 5.83. The quantitative estimate of drug-likeness (QED) is 0.499. The summed E-state index contributed by atoms with van der Waals surface area (Å²) < 4.78 is 25.2. The Bertz CT molecular complexity index is 296. The predicted octanol–water partition coefficient (Wildman–Crippen LogP) is 1.14. The van der Waals surface area contributed by atoms with Crippen molar-refractivity contribution in [2.24, 2.45) is 0 Å². The van der Waals surface area contributed by atoms with E-state index in [0.29, 0.717) is 0 Å². The van der Waals surface area contributed by atoms with Crippen LogP contribution in [0.2, 0.25) is 0 Å². The topological polar surface area (TPSA) is 56.0 Å². The molecule has 0 amide bonds. The van der Waals surface area contributed by atoms with Crippen LogP contribution in [0, 0.1) is 21.7 Å². The average molecular weight is 174 g/mol. The smallest absolute Gasteiger partial charge is 0.234 e. The van der Waals surface area contributed by atoms with E-state index < -0.39 is 28.7 Å². The minimum Gasteiger partial charge on any atom is -0.264 e. The Morgan fingerprint density at radius 3 is 2.33 bits per heavy atom. The van der Waals surface area contributed by atoms with Gasteiger partial charge in [-0.1, -0.05) is 0 Å². The lowest BCUT2D eigenvalue weighted by atomic mass is 10.2. The van der Waals surface area contributed by atoms with Gasteiger partial charge in [-0.05, 0) is 0 Å². The van der Waals surface area contributed by atoms with Crippen molar-refractivity contribution in [2.75, 3.05) is 0 Å². The number of rotatable bonds is 2. The lowest BCUT2D eigenvalue weighted by Crippen LogP contribution is -2.04. The Morgan fingerprint density at radius 2 is 1.92 bits per heavy atom. The molecular weight excluding hydrogens is 170 g/mol. The SMILES string of the molecule is O=[N+]([O-])Cc1c(F)cncc1F. The van der Waals surface area contributed by atoms with Crippen molar-refractivity contribution in [1.82, 2.24) is 4.98 Å². The number of hydrogen-bond donors (Lipinski definition) is 0. The Morgan fingerprint density at radius 1 is 1.42 bits per heavy atom. The van der Waals surface area contributed by atoms with Crippen LogP contribution >= 0.6 is 0 Å².